The molecule has 0 aliphatic carbocycles. The molecule has 142 valence electrons. The van der Waals surface area contributed by atoms with Crippen LogP contribution in [-0.4, -0.2) is 28.6 Å². The summed E-state index contributed by atoms with van der Waals surface area (Å²) in [7, 11) is 0. The number of benzene rings is 1. The lowest BCUT2D eigenvalue weighted by molar-refractivity contribution is 0.102. The Kier molecular flexibility index (Phi) is 5.04. The van der Waals surface area contributed by atoms with Gasteiger partial charge >= 0.3 is 6.09 Å². The third-order valence-corrected chi connectivity index (χ3v) is 5.46. The summed E-state index contributed by atoms with van der Waals surface area (Å²) in [6, 6.07) is 7.11. The SMILES string of the molecule is CCOC(=O)Nc1nc2ccc(NC(=O)c3csc(-c4ccoc4)n3)cc2s1. The van der Waals surface area contributed by atoms with Gasteiger partial charge in [-0.3, -0.25) is 10.1 Å². The Hall–Kier alpha value is -3.24. The molecule has 0 atom stereocenters. The molecule has 0 fully saturated rings. The predicted octanol–water partition coefficient (Wildman–Crippen LogP) is 4.83. The molecule has 0 spiro atoms. The van der Waals surface area contributed by atoms with Crippen molar-refractivity contribution in [3.05, 3.63) is 47.9 Å². The molecule has 0 unspecified atom stereocenters. The van der Waals surface area contributed by atoms with Gasteiger partial charge in [0.2, 0.25) is 0 Å². The highest BCUT2D eigenvalue weighted by Gasteiger charge is 2.14. The number of aromatic nitrogens is 2. The molecule has 4 aromatic rings. The molecular formula is C18H14N4O4S2. The van der Waals surface area contributed by atoms with Gasteiger partial charge in [-0.1, -0.05) is 11.3 Å². The molecule has 0 bridgehead atoms. The number of hydrogen-bond acceptors (Lipinski definition) is 8. The Morgan fingerprint density at radius 2 is 2.11 bits per heavy atom. The van der Waals surface area contributed by atoms with E-state index in [-0.39, 0.29) is 12.5 Å². The Morgan fingerprint density at radius 1 is 1.21 bits per heavy atom. The quantitative estimate of drug-likeness (QED) is 0.484. The van der Waals surface area contributed by atoms with Crippen LogP contribution in [0.15, 0.2) is 46.6 Å². The highest BCUT2D eigenvalue weighted by Crippen LogP contribution is 2.29. The predicted molar refractivity (Wildman–Crippen MR) is 108 cm³/mol. The normalized spacial score (nSPS) is 10.8. The van der Waals surface area contributed by atoms with Crippen LogP contribution in [0.3, 0.4) is 0 Å². The maximum absolute atomic E-state index is 12.5. The van der Waals surface area contributed by atoms with Crippen molar-refractivity contribution in [1.29, 1.82) is 0 Å². The van der Waals surface area contributed by atoms with Gasteiger partial charge in [0.1, 0.15) is 17.0 Å². The maximum Gasteiger partial charge on any atom is 0.413 e. The van der Waals surface area contributed by atoms with Crippen LogP contribution in [-0.2, 0) is 4.74 Å². The van der Waals surface area contributed by atoms with Gasteiger partial charge in [0.05, 0.1) is 23.1 Å². The van der Waals surface area contributed by atoms with E-state index in [1.165, 1.54) is 22.7 Å². The lowest BCUT2D eigenvalue weighted by atomic mass is 10.3. The summed E-state index contributed by atoms with van der Waals surface area (Å²) >= 11 is 2.66. The molecule has 0 aliphatic rings. The third-order valence-electron chi connectivity index (χ3n) is 3.64. The Labute approximate surface area is 167 Å². The van der Waals surface area contributed by atoms with Gasteiger partial charge in [-0.25, -0.2) is 14.8 Å². The number of fused-ring (bicyclic) bond motifs is 1. The van der Waals surface area contributed by atoms with Crippen molar-refractivity contribution < 1.29 is 18.7 Å². The standard InChI is InChI=1S/C18H14N4O4S2/c1-2-26-18(24)22-17-21-12-4-3-11(7-14(12)28-17)19-15(23)13-9-27-16(20-13)10-5-6-25-8-10/h3-9H,2H2,1H3,(H,19,23)(H,21,22,24). The molecular weight excluding hydrogens is 400 g/mol. The van der Waals surface area contributed by atoms with Crippen molar-refractivity contribution in [2.24, 2.45) is 0 Å². The van der Waals surface area contributed by atoms with E-state index in [1.54, 1.807) is 49.1 Å². The van der Waals surface area contributed by atoms with Crippen LogP contribution in [0.2, 0.25) is 0 Å². The lowest BCUT2D eigenvalue weighted by Crippen LogP contribution is -2.12. The highest BCUT2D eigenvalue weighted by molar-refractivity contribution is 7.22. The van der Waals surface area contributed by atoms with Gasteiger partial charge in [0, 0.05) is 16.6 Å². The van der Waals surface area contributed by atoms with Crippen molar-refractivity contribution in [3.63, 3.8) is 0 Å². The second kappa shape index (κ2) is 7.79. The minimum atomic E-state index is -0.549. The number of furan rings is 1. The van der Waals surface area contributed by atoms with Gasteiger partial charge in [0.15, 0.2) is 5.13 Å². The van der Waals surface area contributed by atoms with E-state index in [0.29, 0.717) is 27.0 Å². The van der Waals surface area contributed by atoms with E-state index >= 15 is 0 Å². The number of nitrogens with zero attached hydrogens (tertiary/aromatic N) is 2. The average molecular weight is 414 g/mol. The number of thiazole rings is 2. The van der Waals surface area contributed by atoms with E-state index < -0.39 is 6.09 Å². The number of ether oxygens (including phenoxy) is 1. The van der Waals surface area contributed by atoms with Gasteiger partial charge in [-0.15, -0.1) is 11.3 Å². The second-order valence-corrected chi connectivity index (χ2v) is 7.44. The summed E-state index contributed by atoms with van der Waals surface area (Å²) in [6.07, 6.45) is 2.60. The van der Waals surface area contributed by atoms with Crippen LogP contribution in [0.4, 0.5) is 15.6 Å². The third kappa shape index (κ3) is 3.87. The molecule has 4 rings (SSSR count). The molecule has 0 saturated carbocycles. The zero-order valence-corrected chi connectivity index (χ0v) is 16.2. The largest absolute Gasteiger partial charge is 0.472 e. The topological polar surface area (TPSA) is 106 Å². The fourth-order valence-electron chi connectivity index (χ4n) is 2.40. The van der Waals surface area contributed by atoms with Crippen molar-refractivity contribution >= 4 is 55.7 Å². The minimum Gasteiger partial charge on any atom is -0.472 e. The minimum absolute atomic E-state index is 0.284. The molecule has 2 amide bonds. The van der Waals surface area contributed by atoms with Gasteiger partial charge < -0.3 is 14.5 Å². The molecule has 2 N–H and O–H groups in total. The number of anilines is 2. The summed E-state index contributed by atoms with van der Waals surface area (Å²) in [5.41, 5.74) is 2.49. The molecule has 28 heavy (non-hydrogen) atoms. The smallest absolute Gasteiger partial charge is 0.413 e. The summed E-state index contributed by atoms with van der Waals surface area (Å²) in [5.74, 6) is -0.306. The zero-order valence-electron chi connectivity index (χ0n) is 14.6. The molecule has 10 heteroatoms. The first-order valence-electron chi connectivity index (χ1n) is 8.26. The summed E-state index contributed by atoms with van der Waals surface area (Å²) in [6.45, 7) is 2.01. The van der Waals surface area contributed by atoms with Crippen molar-refractivity contribution in [2.75, 3.05) is 17.2 Å². The van der Waals surface area contributed by atoms with Crippen LogP contribution < -0.4 is 10.6 Å². The molecule has 3 aromatic heterocycles. The molecule has 0 aliphatic heterocycles. The molecule has 8 nitrogen and oxygen atoms in total. The van der Waals surface area contributed by atoms with Crippen molar-refractivity contribution in [1.82, 2.24) is 9.97 Å². The molecule has 3 heterocycles. The first-order valence-corrected chi connectivity index (χ1v) is 9.96. The highest BCUT2D eigenvalue weighted by atomic mass is 32.1. The van der Waals surface area contributed by atoms with Crippen LogP contribution in [0.5, 0.6) is 0 Å². The summed E-state index contributed by atoms with van der Waals surface area (Å²) in [5, 5.41) is 8.25. The van der Waals surface area contributed by atoms with Gasteiger partial charge in [0.25, 0.3) is 5.91 Å². The number of nitrogens with one attached hydrogen (secondary N) is 2. The fraction of sp³-hybridized carbons (Fsp3) is 0.111. The maximum atomic E-state index is 12.5. The van der Waals surface area contributed by atoms with Gasteiger partial charge in [-0.05, 0) is 31.2 Å². The number of carbonyl (C=O) groups excluding carboxylic acids is 2. The molecule has 0 radical (unpaired) electrons. The summed E-state index contributed by atoms with van der Waals surface area (Å²) < 4.78 is 10.7. The van der Waals surface area contributed by atoms with E-state index in [4.69, 9.17) is 9.15 Å². The Bertz CT molecular complexity index is 1130. The van der Waals surface area contributed by atoms with Crippen LogP contribution in [0.25, 0.3) is 20.8 Å². The first-order chi connectivity index (χ1) is 13.6. The van der Waals surface area contributed by atoms with Crippen LogP contribution in [0, 0.1) is 0 Å². The van der Waals surface area contributed by atoms with E-state index in [1.807, 2.05) is 0 Å². The van der Waals surface area contributed by atoms with Crippen molar-refractivity contribution in [2.45, 2.75) is 6.92 Å². The van der Waals surface area contributed by atoms with E-state index in [2.05, 4.69) is 20.6 Å². The van der Waals surface area contributed by atoms with Crippen LogP contribution >= 0.6 is 22.7 Å². The number of carbonyl (C=O) groups is 2. The monoisotopic (exact) mass is 414 g/mol. The zero-order chi connectivity index (χ0) is 19.5. The number of rotatable bonds is 5. The molecule has 1 aromatic carbocycles. The molecule has 0 saturated heterocycles. The Morgan fingerprint density at radius 3 is 2.89 bits per heavy atom. The van der Waals surface area contributed by atoms with E-state index in [0.717, 1.165) is 10.3 Å². The average Bonchev–Trinajstić information content (AvgIpc) is 3.41. The number of amides is 2. The lowest BCUT2D eigenvalue weighted by Gasteiger charge is -2.02. The van der Waals surface area contributed by atoms with Crippen LogP contribution in [0.1, 0.15) is 17.4 Å². The second-order valence-electron chi connectivity index (χ2n) is 5.55. The van der Waals surface area contributed by atoms with Gasteiger partial charge in [-0.2, -0.15) is 0 Å². The Balaban J connectivity index is 1.48. The fourth-order valence-corrected chi connectivity index (χ4v) is 4.08. The first kappa shape index (κ1) is 18.1. The summed E-state index contributed by atoms with van der Waals surface area (Å²) in [4.78, 5) is 32.7. The van der Waals surface area contributed by atoms with E-state index in [9.17, 15) is 9.59 Å². The van der Waals surface area contributed by atoms with Crippen molar-refractivity contribution in [3.8, 4) is 10.6 Å². The number of hydrogen-bond donors (Lipinski definition) is 2.